The summed E-state index contributed by atoms with van der Waals surface area (Å²) < 4.78 is 5.74. The fourth-order valence-electron chi connectivity index (χ4n) is 4.04. The summed E-state index contributed by atoms with van der Waals surface area (Å²) in [6, 6.07) is 8.70. The van der Waals surface area contributed by atoms with Crippen LogP contribution in [0.15, 0.2) is 30.3 Å². The highest BCUT2D eigenvalue weighted by atomic mass is 16.5. The number of fused-ring (bicyclic) bond motifs is 1. The van der Waals surface area contributed by atoms with Gasteiger partial charge in [0.15, 0.2) is 6.61 Å². The van der Waals surface area contributed by atoms with Crippen LogP contribution in [0, 0.1) is 0 Å². The van der Waals surface area contributed by atoms with Crippen LogP contribution in [0.25, 0.3) is 10.8 Å². The predicted octanol–water partition coefficient (Wildman–Crippen LogP) is 6.10. The number of amides is 2. The van der Waals surface area contributed by atoms with Crippen molar-refractivity contribution in [2.75, 3.05) is 13.2 Å². The van der Waals surface area contributed by atoms with Gasteiger partial charge in [-0.25, -0.2) is 0 Å². The fourth-order valence-corrected chi connectivity index (χ4v) is 4.04. The lowest BCUT2D eigenvalue weighted by molar-refractivity contribution is -0.123. The van der Waals surface area contributed by atoms with E-state index in [2.05, 4.69) is 17.6 Å². The van der Waals surface area contributed by atoms with Gasteiger partial charge in [0.2, 0.25) is 0 Å². The van der Waals surface area contributed by atoms with Crippen LogP contribution < -0.4 is 15.4 Å². The Morgan fingerprint density at radius 3 is 2.12 bits per heavy atom. The molecule has 0 fully saturated rings. The minimum absolute atomic E-state index is 0.0137. The van der Waals surface area contributed by atoms with Crippen LogP contribution in [0.4, 0.5) is 0 Å². The van der Waals surface area contributed by atoms with Gasteiger partial charge in [-0.2, -0.15) is 0 Å². The third-order valence-corrected chi connectivity index (χ3v) is 5.85. The molecule has 0 spiro atoms. The SMILES string of the molecule is CCCCCCCCCCCCNC(=O)c1cc(OCC(=O)NC(C)C)c2ccccc2c1O. The molecule has 34 heavy (non-hydrogen) atoms. The molecule has 6 nitrogen and oxygen atoms in total. The lowest BCUT2D eigenvalue weighted by Crippen LogP contribution is -2.34. The summed E-state index contributed by atoms with van der Waals surface area (Å²) >= 11 is 0. The molecule has 2 aromatic carbocycles. The molecule has 0 aliphatic carbocycles. The van der Waals surface area contributed by atoms with E-state index in [1.165, 1.54) is 57.4 Å². The zero-order chi connectivity index (χ0) is 24.8. The molecule has 0 aliphatic heterocycles. The summed E-state index contributed by atoms with van der Waals surface area (Å²) in [6.45, 7) is 6.40. The minimum Gasteiger partial charge on any atom is -0.506 e. The second-order valence-corrected chi connectivity index (χ2v) is 9.27. The number of aromatic hydroxyl groups is 1. The van der Waals surface area contributed by atoms with E-state index in [0.29, 0.717) is 23.1 Å². The van der Waals surface area contributed by atoms with E-state index >= 15 is 0 Å². The molecule has 3 N–H and O–H groups in total. The zero-order valence-corrected chi connectivity index (χ0v) is 21.1. The largest absolute Gasteiger partial charge is 0.506 e. The van der Waals surface area contributed by atoms with Crippen molar-refractivity contribution in [2.45, 2.75) is 91.0 Å². The maximum atomic E-state index is 12.8. The van der Waals surface area contributed by atoms with Crippen molar-refractivity contribution in [1.82, 2.24) is 10.6 Å². The van der Waals surface area contributed by atoms with Crippen LogP contribution in [0.3, 0.4) is 0 Å². The van der Waals surface area contributed by atoms with Crippen molar-refractivity contribution >= 4 is 22.6 Å². The molecule has 0 heterocycles. The second kappa shape index (κ2) is 15.2. The molecule has 0 saturated carbocycles. The number of carbonyl (C=O) groups is 2. The number of rotatable bonds is 16. The molecule has 0 saturated heterocycles. The average Bonchev–Trinajstić information content (AvgIpc) is 2.81. The number of carbonyl (C=O) groups excluding carboxylic acids is 2. The number of unbranched alkanes of at least 4 members (excludes halogenated alkanes) is 9. The van der Waals surface area contributed by atoms with Crippen molar-refractivity contribution in [3.63, 3.8) is 0 Å². The van der Waals surface area contributed by atoms with Gasteiger partial charge >= 0.3 is 0 Å². The van der Waals surface area contributed by atoms with Gasteiger partial charge in [0.25, 0.3) is 11.8 Å². The summed E-state index contributed by atoms with van der Waals surface area (Å²) in [4.78, 5) is 24.8. The van der Waals surface area contributed by atoms with Crippen LogP contribution in [0.5, 0.6) is 11.5 Å². The lowest BCUT2D eigenvalue weighted by atomic mass is 10.0. The van der Waals surface area contributed by atoms with Gasteiger partial charge in [0, 0.05) is 23.4 Å². The van der Waals surface area contributed by atoms with E-state index in [1.807, 2.05) is 19.9 Å². The monoisotopic (exact) mass is 470 g/mol. The van der Waals surface area contributed by atoms with Gasteiger partial charge in [-0.3, -0.25) is 9.59 Å². The first-order valence-electron chi connectivity index (χ1n) is 12.9. The van der Waals surface area contributed by atoms with Crippen LogP contribution in [-0.2, 0) is 4.79 Å². The minimum atomic E-state index is -0.337. The fraction of sp³-hybridized carbons (Fsp3) is 0.571. The molecule has 0 aromatic heterocycles. The summed E-state index contributed by atoms with van der Waals surface area (Å²) in [5.74, 6) is -0.249. The van der Waals surface area contributed by atoms with Crippen LogP contribution >= 0.6 is 0 Å². The molecule has 2 rings (SSSR count). The standard InChI is InChI=1S/C28H42N2O4/c1-4-5-6-7-8-9-10-11-12-15-18-29-28(33)24-19-25(34-20-26(31)30-21(2)3)22-16-13-14-17-23(22)27(24)32/h13-14,16-17,19,21,32H,4-12,15,18,20H2,1-3H3,(H,29,33)(H,30,31). The Morgan fingerprint density at radius 2 is 1.50 bits per heavy atom. The van der Waals surface area contributed by atoms with Gasteiger partial charge in [-0.15, -0.1) is 0 Å². The highest BCUT2D eigenvalue weighted by Gasteiger charge is 2.18. The predicted molar refractivity (Wildman–Crippen MR) is 139 cm³/mol. The number of phenols is 1. The molecular weight excluding hydrogens is 428 g/mol. The molecular formula is C28H42N2O4. The van der Waals surface area contributed by atoms with Crippen LogP contribution in [-0.4, -0.2) is 36.1 Å². The van der Waals surface area contributed by atoms with Crippen molar-refractivity contribution in [2.24, 2.45) is 0 Å². The first-order chi connectivity index (χ1) is 16.4. The van der Waals surface area contributed by atoms with E-state index in [4.69, 9.17) is 4.74 Å². The van der Waals surface area contributed by atoms with Gasteiger partial charge in [0.1, 0.15) is 11.5 Å². The van der Waals surface area contributed by atoms with Gasteiger partial charge in [-0.1, -0.05) is 89.0 Å². The molecule has 0 atom stereocenters. The topological polar surface area (TPSA) is 87.7 Å². The molecule has 0 unspecified atom stereocenters. The van der Waals surface area contributed by atoms with Crippen molar-refractivity contribution in [3.8, 4) is 11.5 Å². The molecule has 0 bridgehead atoms. The molecule has 2 aromatic rings. The first kappa shape index (κ1) is 27.5. The number of nitrogens with one attached hydrogen (secondary N) is 2. The van der Waals surface area contributed by atoms with E-state index < -0.39 is 0 Å². The molecule has 188 valence electrons. The molecule has 0 radical (unpaired) electrons. The van der Waals surface area contributed by atoms with Gasteiger partial charge in [-0.05, 0) is 26.3 Å². The van der Waals surface area contributed by atoms with Gasteiger partial charge < -0.3 is 20.5 Å². The molecule has 2 amide bonds. The summed E-state index contributed by atoms with van der Waals surface area (Å²) in [7, 11) is 0. The third kappa shape index (κ3) is 9.24. The van der Waals surface area contributed by atoms with Crippen LogP contribution in [0.1, 0.15) is 95.3 Å². The third-order valence-electron chi connectivity index (χ3n) is 5.85. The van der Waals surface area contributed by atoms with Crippen LogP contribution in [0.2, 0.25) is 0 Å². The Morgan fingerprint density at radius 1 is 0.912 bits per heavy atom. The van der Waals surface area contributed by atoms with Crippen molar-refractivity contribution < 1.29 is 19.4 Å². The molecule has 6 heteroatoms. The number of phenolic OH excluding ortho intramolecular Hbond substituents is 1. The van der Waals surface area contributed by atoms with Gasteiger partial charge in [0.05, 0.1) is 5.56 Å². The molecule has 0 aliphatic rings. The quantitative estimate of drug-likeness (QED) is 0.259. The Bertz CT molecular complexity index is 911. The van der Waals surface area contributed by atoms with E-state index in [1.54, 1.807) is 18.2 Å². The number of benzene rings is 2. The normalized spacial score (nSPS) is 11.1. The zero-order valence-electron chi connectivity index (χ0n) is 21.1. The Kier molecular flexibility index (Phi) is 12.3. The number of hydrogen-bond donors (Lipinski definition) is 3. The van der Waals surface area contributed by atoms with Crippen molar-refractivity contribution in [1.29, 1.82) is 0 Å². The Labute approximate surface area is 204 Å². The first-order valence-corrected chi connectivity index (χ1v) is 12.9. The van der Waals surface area contributed by atoms with E-state index in [-0.39, 0.29) is 35.8 Å². The number of ether oxygens (including phenoxy) is 1. The maximum absolute atomic E-state index is 12.8. The van der Waals surface area contributed by atoms with E-state index in [9.17, 15) is 14.7 Å². The Hall–Kier alpha value is -2.76. The summed E-state index contributed by atoms with van der Waals surface area (Å²) in [5, 5.41) is 17.6. The van der Waals surface area contributed by atoms with Crippen molar-refractivity contribution in [3.05, 3.63) is 35.9 Å². The summed E-state index contributed by atoms with van der Waals surface area (Å²) in [5.41, 5.74) is 0.157. The average molecular weight is 471 g/mol. The number of hydrogen-bond acceptors (Lipinski definition) is 4. The smallest absolute Gasteiger partial charge is 0.258 e. The highest BCUT2D eigenvalue weighted by Crippen LogP contribution is 2.36. The highest BCUT2D eigenvalue weighted by molar-refractivity contribution is 6.05. The van der Waals surface area contributed by atoms with E-state index in [0.717, 1.165) is 12.8 Å². The second-order valence-electron chi connectivity index (χ2n) is 9.27. The Balaban J connectivity index is 1.87. The maximum Gasteiger partial charge on any atom is 0.258 e. The lowest BCUT2D eigenvalue weighted by Gasteiger charge is -2.15. The summed E-state index contributed by atoms with van der Waals surface area (Å²) in [6.07, 6.45) is 12.3.